The molecule has 0 aromatic heterocycles. The van der Waals surface area contributed by atoms with Crippen LogP contribution in [0.25, 0.3) is 0 Å². The van der Waals surface area contributed by atoms with E-state index in [4.69, 9.17) is 10.2 Å². The normalized spacial score (nSPS) is 11.8. The van der Waals surface area contributed by atoms with Crippen LogP contribution in [0.2, 0.25) is 0 Å². The van der Waals surface area contributed by atoms with Crippen molar-refractivity contribution in [2.75, 3.05) is 37.0 Å². The number of hydrogen-bond acceptors (Lipinski definition) is 7. The van der Waals surface area contributed by atoms with Gasteiger partial charge in [0.2, 0.25) is 0 Å². The van der Waals surface area contributed by atoms with Crippen LogP contribution in [-0.4, -0.2) is 50.7 Å². The smallest absolute Gasteiger partial charge is 0.178 e. The van der Waals surface area contributed by atoms with Crippen molar-refractivity contribution >= 4 is 26.9 Å². The summed E-state index contributed by atoms with van der Waals surface area (Å²) in [6.07, 6.45) is 1.48. The van der Waals surface area contributed by atoms with Crippen molar-refractivity contribution in [2.45, 2.75) is 24.7 Å². The Balaban J connectivity index is 2.05. The molecule has 152 valence electrons. The Morgan fingerprint density at radius 3 is 1.82 bits per heavy atom. The van der Waals surface area contributed by atoms with Crippen molar-refractivity contribution in [3.63, 3.8) is 0 Å². The molecule has 7 nitrogen and oxygen atoms in total. The number of benzene rings is 2. The molecule has 0 amide bonds. The van der Waals surface area contributed by atoms with Gasteiger partial charge in [0, 0.05) is 18.8 Å². The maximum atomic E-state index is 12.2. The van der Waals surface area contributed by atoms with E-state index in [1.165, 1.54) is 0 Å². The Hall–Kier alpha value is -2.29. The quantitative estimate of drug-likeness (QED) is 0.557. The second kappa shape index (κ2) is 10.9. The van der Waals surface area contributed by atoms with Gasteiger partial charge in [-0.15, -0.1) is 0 Å². The van der Waals surface area contributed by atoms with Crippen LogP contribution in [0.15, 0.2) is 63.7 Å². The van der Waals surface area contributed by atoms with Crippen LogP contribution in [0.4, 0.5) is 17.1 Å². The summed E-state index contributed by atoms with van der Waals surface area (Å²) in [4.78, 5) is 2.18. The van der Waals surface area contributed by atoms with Crippen molar-refractivity contribution in [3.05, 3.63) is 48.5 Å². The number of aliphatic hydroxyl groups is 2. The monoisotopic (exact) mass is 405 g/mol. The molecule has 28 heavy (non-hydrogen) atoms. The second-order valence-electron chi connectivity index (χ2n) is 6.32. The molecule has 0 radical (unpaired) electrons. The van der Waals surface area contributed by atoms with E-state index in [0.29, 0.717) is 35.8 Å². The van der Waals surface area contributed by atoms with Gasteiger partial charge >= 0.3 is 0 Å². The van der Waals surface area contributed by atoms with E-state index in [1.54, 1.807) is 36.4 Å². The van der Waals surface area contributed by atoms with E-state index in [-0.39, 0.29) is 19.0 Å². The summed E-state index contributed by atoms with van der Waals surface area (Å²) in [5.41, 5.74) is 2.10. The number of azo groups is 1. The molecule has 8 heteroatoms. The highest BCUT2D eigenvalue weighted by Crippen LogP contribution is 2.23. The number of sulfone groups is 1. The topological polar surface area (TPSA) is 103 Å². The Labute approximate surface area is 166 Å². The Kier molecular flexibility index (Phi) is 8.56. The van der Waals surface area contributed by atoms with Gasteiger partial charge in [-0.1, -0.05) is 13.3 Å². The van der Waals surface area contributed by atoms with Gasteiger partial charge in [-0.05, 0) is 55.0 Å². The van der Waals surface area contributed by atoms with Crippen molar-refractivity contribution < 1.29 is 18.6 Å². The highest BCUT2D eigenvalue weighted by molar-refractivity contribution is 7.91. The molecular weight excluding hydrogens is 378 g/mol. The van der Waals surface area contributed by atoms with Gasteiger partial charge in [0.25, 0.3) is 0 Å². The van der Waals surface area contributed by atoms with Gasteiger partial charge in [-0.2, -0.15) is 10.2 Å². The molecule has 0 atom stereocenters. The fourth-order valence-corrected chi connectivity index (χ4v) is 4.08. The molecule has 0 aliphatic carbocycles. The molecule has 2 aromatic carbocycles. The molecular formula is C20H27N3O4S. The van der Waals surface area contributed by atoms with E-state index < -0.39 is 9.84 Å². The predicted molar refractivity (Wildman–Crippen MR) is 110 cm³/mol. The van der Waals surface area contributed by atoms with Gasteiger partial charge < -0.3 is 15.1 Å². The first-order valence-corrected chi connectivity index (χ1v) is 11.0. The third-order valence-electron chi connectivity index (χ3n) is 4.20. The largest absolute Gasteiger partial charge is 0.395 e. The van der Waals surface area contributed by atoms with Crippen LogP contribution in [0.5, 0.6) is 0 Å². The summed E-state index contributed by atoms with van der Waals surface area (Å²) in [7, 11) is -3.24. The number of rotatable bonds is 11. The van der Waals surface area contributed by atoms with E-state index in [0.717, 1.165) is 12.1 Å². The highest BCUT2D eigenvalue weighted by Gasteiger charge is 2.13. The van der Waals surface area contributed by atoms with Crippen LogP contribution < -0.4 is 4.90 Å². The van der Waals surface area contributed by atoms with Gasteiger partial charge in [-0.25, -0.2) is 8.42 Å². The number of aliphatic hydroxyl groups excluding tert-OH is 2. The molecule has 0 spiro atoms. The minimum absolute atomic E-state index is 0.00557. The van der Waals surface area contributed by atoms with Crippen molar-refractivity contribution in [1.82, 2.24) is 0 Å². The van der Waals surface area contributed by atoms with E-state index >= 15 is 0 Å². The molecule has 0 saturated carbocycles. The van der Waals surface area contributed by atoms with Crippen LogP contribution in [-0.2, 0) is 9.84 Å². The van der Waals surface area contributed by atoms with Gasteiger partial charge in [-0.3, -0.25) is 0 Å². The molecule has 0 heterocycles. The molecule has 0 bridgehead atoms. The fraction of sp³-hybridized carbons (Fsp3) is 0.400. The standard InChI is InChI=1S/C20H27N3O4S/c1-2-3-16-28(26,27)20-10-6-18(7-11-20)22-21-17-4-8-19(9-5-17)23(12-14-24)13-15-25/h4-11,24-25H,2-3,12-16H2,1H3. The van der Waals surface area contributed by atoms with E-state index in [1.807, 2.05) is 24.0 Å². The predicted octanol–water partition coefficient (Wildman–Crippen LogP) is 3.47. The highest BCUT2D eigenvalue weighted by atomic mass is 32.2. The molecule has 2 rings (SSSR count). The average Bonchev–Trinajstić information content (AvgIpc) is 2.71. The summed E-state index contributed by atoms with van der Waals surface area (Å²) in [5.74, 6) is 0.153. The molecule has 0 fully saturated rings. The molecule has 0 aliphatic heterocycles. The van der Waals surface area contributed by atoms with Crippen LogP contribution in [0, 0.1) is 0 Å². The Morgan fingerprint density at radius 2 is 1.36 bits per heavy atom. The van der Waals surface area contributed by atoms with Crippen LogP contribution in [0.1, 0.15) is 19.8 Å². The summed E-state index contributed by atoms with van der Waals surface area (Å²) in [5, 5.41) is 26.5. The lowest BCUT2D eigenvalue weighted by Gasteiger charge is -2.22. The molecule has 0 unspecified atom stereocenters. The zero-order valence-corrected chi connectivity index (χ0v) is 16.8. The van der Waals surface area contributed by atoms with Gasteiger partial charge in [0.1, 0.15) is 0 Å². The number of anilines is 1. The molecule has 2 N–H and O–H groups in total. The number of unbranched alkanes of at least 4 members (excludes halogenated alkanes) is 1. The van der Waals surface area contributed by atoms with Crippen molar-refractivity contribution in [3.8, 4) is 0 Å². The first-order valence-electron chi connectivity index (χ1n) is 9.31. The maximum absolute atomic E-state index is 12.2. The fourth-order valence-electron chi connectivity index (χ4n) is 2.63. The summed E-state index contributed by atoms with van der Waals surface area (Å²) in [6, 6.07) is 13.7. The van der Waals surface area contributed by atoms with Crippen molar-refractivity contribution in [1.29, 1.82) is 0 Å². The van der Waals surface area contributed by atoms with E-state index in [9.17, 15) is 8.42 Å². The zero-order chi connectivity index (χ0) is 20.4. The lowest BCUT2D eigenvalue weighted by atomic mass is 10.2. The van der Waals surface area contributed by atoms with E-state index in [2.05, 4.69) is 10.2 Å². The van der Waals surface area contributed by atoms with Crippen molar-refractivity contribution in [2.24, 2.45) is 10.2 Å². The third kappa shape index (κ3) is 6.40. The minimum Gasteiger partial charge on any atom is -0.395 e. The molecule has 2 aromatic rings. The third-order valence-corrected chi connectivity index (χ3v) is 6.01. The minimum atomic E-state index is -3.24. The molecule has 0 aliphatic rings. The number of hydrogen-bond donors (Lipinski definition) is 2. The van der Waals surface area contributed by atoms with Crippen LogP contribution >= 0.6 is 0 Å². The average molecular weight is 406 g/mol. The maximum Gasteiger partial charge on any atom is 0.178 e. The second-order valence-corrected chi connectivity index (χ2v) is 8.43. The zero-order valence-electron chi connectivity index (χ0n) is 16.0. The summed E-state index contributed by atoms with van der Waals surface area (Å²) >= 11 is 0. The lowest BCUT2D eigenvalue weighted by molar-refractivity contribution is 0.281. The van der Waals surface area contributed by atoms with Gasteiger partial charge in [0.05, 0.1) is 35.2 Å². The lowest BCUT2D eigenvalue weighted by Crippen LogP contribution is -2.29. The summed E-state index contributed by atoms with van der Waals surface area (Å²) < 4.78 is 24.3. The van der Waals surface area contributed by atoms with Crippen LogP contribution in [0.3, 0.4) is 0 Å². The summed E-state index contributed by atoms with van der Waals surface area (Å²) in [6.45, 7) is 2.85. The first-order chi connectivity index (χ1) is 13.5. The number of nitrogens with zero attached hydrogens (tertiary/aromatic N) is 3. The SMILES string of the molecule is CCCCS(=O)(=O)c1ccc(N=Nc2ccc(N(CCO)CCO)cc2)cc1. The molecule has 0 saturated heterocycles. The first kappa shape index (κ1) is 22.0. The Bertz CT molecular complexity index is 844. The Morgan fingerprint density at radius 1 is 0.857 bits per heavy atom. The van der Waals surface area contributed by atoms with Gasteiger partial charge in [0.15, 0.2) is 9.84 Å².